The van der Waals surface area contributed by atoms with Crippen molar-refractivity contribution in [1.82, 2.24) is 24.1 Å². The predicted molar refractivity (Wildman–Crippen MR) is 216 cm³/mol. The molecule has 4 heterocycles. The molecule has 0 fully saturated rings. The standard InChI is InChI=1S/C47H34N5O2.Pt/c1-47(2,3)32-23-24-38(36(28-32)29-13-5-4-6-14-29)51-39-20-12-19-33(43(39)50-45(51)34-17-7-9-21-40(34)53)30-15-11-16-31(27-30)42-44-37(25-26-48-42)49-46-35-18-8-10-22-41(35)54-52(44)46;/h4-26,28,53H,1-3H3;/q-1;. The number of hydrogen-bond donors (Lipinski definition) is 1. The number of hydrogen-bond acceptors (Lipinski definition) is 5. The number of pyridine rings is 1. The molecule has 10 aromatic rings. The van der Waals surface area contributed by atoms with Gasteiger partial charge in [-0.05, 0) is 65.1 Å². The third-order valence-corrected chi connectivity index (χ3v) is 10.2. The molecular weight excluding hydrogens is 862 g/mol. The number of phenols is 1. The minimum Gasteiger partial charge on any atom is -0.507 e. The van der Waals surface area contributed by atoms with E-state index < -0.39 is 0 Å². The number of rotatable bonds is 5. The van der Waals surface area contributed by atoms with Crippen molar-refractivity contribution < 1.29 is 30.7 Å². The van der Waals surface area contributed by atoms with Crippen molar-refractivity contribution in [3.8, 4) is 56.3 Å². The summed E-state index contributed by atoms with van der Waals surface area (Å²) in [4.78, 5) is 15.1. The van der Waals surface area contributed by atoms with Crippen LogP contribution < -0.4 is 0 Å². The fourth-order valence-electron chi connectivity index (χ4n) is 7.50. The van der Waals surface area contributed by atoms with Gasteiger partial charge >= 0.3 is 0 Å². The second kappa shape index (κ2) is 13.2. The Labute approximate surface area is 331 Å². The van der Waals surface area contributed by atoms with Gasteiger partial charge in [-0.1, -0.05) is 105 Å². The molecule has 8 heteroatoms. The molecule has 7 nitrogen and oxygen atoms in total. The molecule has 1 N–H and O–H groups in total. The van der Waals surface area contributed by atoms with Crippen molar-refractivity contribution in [3.05, 3.63) is 157 Å². The summed E-state index contributed by atoms with van der Waals surface area (Å²) in [6.45, 7) is 6.70. The second-order valence-corrected chi connectivity index (χ2v) is 14.6. The van der Waals surface area contributed by atoms with Gasteiger partial charge in [-0.2, -0.15) is 4.57 Å². The number of para-hydroxylation sites is 3. The molecule has 0 aliphatic carbocycles. The van der Waals surface area contributed by atoms with E-state index in [4.69, 9.17) is 19.5 Å². The molecule has 0 saturated heterocycles. The van der Waals surface area contributed by atoms with Crippen molar-refractivity contribution >= 4 is 38.7 Å². The molecule has 0 aliphatic heterocycles. The molecule has 0 radical (unpaired) electrons. The monoisotopic (exact) mass is 895 g/mol. The Bertz CT molecular complexity index is 3060. The summed E-state index contributed by atoms with van der Waals surface area (Å²) in [5, 5.41) is 12.2. The van der Waals surface area contributed by atoms with E-state index in [0.717, 1.165) is 77.9 Å². The quantitative estimate of drug-likeness (QED) is 0.174. The van der Waals surface area contributed by atoms with Crippen molar-refractivity contribution in [2.75, 3.05) is 0 Å². The minimum atomic E-state index is -0.0556. The summed E-state index contributed by atoms with van der Waals surface area (Å²) in [6.07, 6.45) is 1.78. The fourth-order valence-corrected chi connectivity index (χ4v) is 7.50. The molecule has 0 saturated carbocycles. The van der Waals surface area contributed by atoms with Gasteiger partial charge in [-0.3, -0.25) is 9.55 Å². The molecule has 0 bridgehead atoms. The van der Waals surface area contributed by atoms with Gasteiger partial charge in [0.05, 0.1) is 33.2 Å². The van der Waals surface area contributed by atoms with Crippen molar-refractivity contribution in [3.63, 3.8) is 0 Å². The van der Waals surface area contributed by atoms with Gasteiger partial charge in [-0.15, -0.1) is 29.8 Å². The van der Waals surface area contributed by atoms with Crippen LogP contribution in [0.5, 0.6) is 5.75 Å². The first-order valence-electron chi connectivity index (χ1n) is 18.0. The van der Waals surface area contributed by atoms with E-state index in [1.54, 1.807) is 16.8 Å². The largest absolute Gasteiger partial charge is 0.507 e. The molecule has 0 aliphatic rings. The molecule has 55 heavy (non-hydrogen) atoms. The Morgan fingerprint density at radius 1 is 0.691 bits per heavy atom. The first-order valence-corrected chi connectivity index (χ1v) is 18.0. The topological polar surface area (TPSA) is 81.4 Å². The van der Waals surface area contributed by atoms with E-state index in [9.17, 15) is 5.11 Å². The molecule has 0 unspecified atom stereocenters. The van der Waals surface area contributed by atoms with Gasteiger partial charge in [0, 0.05) is 38.5 Å². The molecule has 0 atom stereocenters. The zero-order valence-corrected chi connectivity index (χ0v) is 32.5. The van der Waals surface area contributed by atoms with Gasteiger partial charge in [-0.25, -0.2) is 9.97 Å². The number of aromatic hydroxyl groups is 1. The van der Waals surface area contributed by atoms with Crippen LogP contribution >= 0.6 is 0 Å². The summed E-state index contributed by atoms with van der Waals surface area (Å²) >= 11 is 0. The van der Waals surface area contributed by atoms with Gasteiger partial charge in [0.25, 0.3) is 0 Å². The molecule has 0 spiro atoms. The van der Waals surface area contributed by atoms with Crippen molar-refractivity contribution in [2.45, 2.75) is 26.2 Å². The van der Waals surface area contributed by atoms with Crippen molar-refractivity contribution in [2.24, 2.45) is 0 Å². The second-order valence-electron chi connectivity index (χ2n) is 14.6. The summed E-state index contributed by atoms with van der Waals surface area (Å²) in [5.41, 5.74) is 13.1. The number of benzene rings is 6. The summed E-state index contributed by atoms with van der Waals surface area (Å²) in [5.74, 6) is 0.805. The number of fused-ring (bicyclic) bond motifs is 6. The molecule has 4 aromatic heterocycles. The molecule has 10 rings (SSSR count). The van der Waals surface area contributed by atoms with E-state index in [2.05, 4.69) is 98.1 Å². The van der Waals surface area contributed by atoms with E-state index in [1.165, 1.54) is 5.56 Å². The van der Waals surface area contributed by atoms with E-state index >= 15 is 0 Å². The Morgan fingerprint density at radius 2 is 1.44 bits per heavy atom. The average Bonchev–Trinajstić information content (AvgIpc) is 3.88. The van der Waals surface area contributed by atoms with Crippen LogP contribution in [0.2, 0.25) is 0 Å². The van der Waals surface area contributed by atoms with Crippen LogP contribution in [-0.2, 0) is 26.5 Å². The zero-order chi connectivity index (χ0) is 36.6. The molecule has 270 valence electrons. The number of imidazole rings is 2. The number of phenolic OH excluding ortho intramolecular Hbond substituents is 1. The van der Waals surface area contributed by atoms with Gasteiger partial charge in [0.2, 0.25) is 0 Å². The van der Waals surface area contributed by atoms with Crippen LogP contribution in [-0.4, -0.2) is 29.2 Å². The first-order chi connectivity index (χ1) is 26.3. The van der Waals surface area contributed by atoms with E-state index in [-0.39, 0.29) is 32.2 Å². The minimum absolute atomic E-state index is 0. The third-order valence-electron chi connectivity index (χ3n) is 10.2. The van der Waals surface area contributed by atoms with Crippen LogP contribution in [0.15, 0.2) is 150 Å². The Morgan fingerprint density at radius 3 is 2.27 bits per heavy atom. The predicted octanol–water partition coefficient (Wildman–Crippen LogP) is 11.4. The normalized spacial score (nSPS) is 11.8. The summed E-state index contributed by atoms with van der Waals surface area (Å²) in [6, 6.07) is 50.4. The van der Waals surface area contributed by atoms with E-state index in [0.29, 0.717) is 11.4 Å². The van der Waals surface area contributed by atoms with Gasteiger partial charge < -0.3 is 9.63 Å². The Kier molecular flexibility index (Phi) is 8.28. The molecule has 0 amide bonds. The Hall–Kier alpha value is -6.30. The van der Waals surface area contributed by atoms with E-state index in [1.807, 2.05) is 66.7 Å². The van der Waals surface area contributed by atoms with Crippen LogP contribution in [0.4, 0.5) is 0 Å². The van der Waals surface area contributed by atoms with Crippen molar-refractivity contribution in [1.29, 1.82) is 0 Å². The van der Waals surface area contributed by atoms with Crippen LogP contribution in [0.1, 0.15) is 26.3 Å². The maximum absolute atomic E-state index is 11.3. The SMILES string of the molecule is CC(C)(C)c1ccc(-n2c(-c3ccccc3O)nc3c(-c4[c-]c(-c5nccc6nc7c8ccccc8on7c56)ccc4)cccc32)c(-c2ccccc2)c1.[Pt]. The Balaban J connectivity index is 0.00000397. The smallest absolute Gasteiger partial charge is 0.180 e. The summed E-state index contributed by atoms with van der Waals surface area (Å²) in [7, 11) is 0. The average molecular weight is 896 g/mol. The molecular formula is C47H34N5O2Pt-. The van der Waals surface area contributed by atoms with Crippen LogP contribution in [0.3, 0.4) is 0 Å². The molecule has 6 aromatic carbocycles. The maximum atomic E-state index is 11.3. The van der Waals surface area contributed by atoms with Gasteiger partial charge in [0.1, 0.15) is 17.1 Å². The van der Waals surface area contributed by atoms with Gasteiger partial charge in [0.15, 0.2) is 11.2 Å². The first kappa shape index (κ1) is 34.5. The number of nitrogens with zero attached hydrogens (tertiary/aromatic N) is 5. The fraction of sp³-hybridized carbons (Fsp3) is 0.0851. The van der Waals surface area contributed by atoms with Crippen LogP contribution in [0, 0.1) is 6.07 Å². The van der Waals surface area contributed by atoms with Crippen LogP contribution in [0.25, 0.3) is 89.3 Å². The summed E-state index contributed by atoms with van der Waals surface area (Å²) < 4.78 is 10.2. The number of aromatic nitrogens is 5. The maximum Gasteiger partial charge on any atom is 0.180 e. The zero-order valence-electron chi connectivity index (χ0n) is 30.3. The third kappa shape index (κ3) is 5.66.